The highest BCUT2D eigenvalue weighted by atomic mass is 32.2. The molecule has 0 radical (unpaired) electrons. The molecule has 4 heteroatoms. The topological polar surface area (TPSA) is 34.1 Å². The fraction of sp³-hybridized carbons (Fsp3) is 0.0909. The second kappa shape index (κ2) is 8.39. The van der Waals surface area contributed by atoms with Gasteiger partial charge < -0.3 is 0 Å². The smallest absolute Gasteiger partial charge is 0.190 e. The zero-order valence-corrected chi connectivity index (χ0v) is 16.2. The van der Waals surface area contributed by atoms with Gasteiger partial charge in [0.1, 0.15) is 0 Å². The van der Waals surface area contributed by atoms with Crippen LogP contribution in [0.3, 0.4) is 0 Å². The van der Waals surface area contributed by atoms with Crippen molar-refractivity contribution < 1.29 is 9.59 Å². The lowest BCUT2D eigenvalue weighted by molar-refractivity contribution is -0.109. The summed E-state index contributed by atoms with van der Waals surface area (Å²) in [5, 5.41) is 0.159. The maximum absolute atomic E-state index is 11.3. The number of rotatable bonds is 4. The van der Waals surface area contributed by atoms with Crippen LogP contribution < -0.4 is 0 Å². The van der Waals surface area contributed by atoms with Gasteiger partial charge in [0.25, 0.3) is 0 Å². The Morgan fingerprint density at radius 3 is 1.31 bits per heavy atom. The van der Waals surface area contributed by atoms with Crippen molar-refractivity contribution in [3.63, 3.8) is 0 Å². The Balaban J connectivity index is 1.94. The van der Waals surface area contributed by atoms with Crippen LogP contribution in [0.25, 0.3) is 22.3 Å². The van der Waals surface area contributed by atoms with Gasteiger partial charge >= 0.3 is 0 Å². The third kappa shape index (κ3) is 4.87. The van der Waals surface area contributed by atoms with E-state index >= 15 is 0 Å². The van der Waals surface area contributed by atoms with E-state index in [4.69, 9.17) is 0 Å². The molecule has 0 aliphatic heterocycles. The van der Waals surface area contributed by atoms with Crippen LogP contribution in [-0.4, -0.2) is 10.2 Å². The maximum atomic E-state index is 11.3. The Hall–Kier alpha value is -2.30. The Morgan fingerprint density at radius 1 is 0.577 bits per heavy atom. The molecule has 0 heterocycles. The molecular weight excluding hydrogens is 360 g/mol. The van der Waals surface area contributed by atoms with Crippen molar-refractivity contribution in [2.24, 2.45) is 0 Å². The van der Waals surface area contributed by atoms with Gasteiger partial charge in [0.05, 0.1) is 0 Å². The minimum Gasteiger partial charge on any atom is -0.287 e. The highest BCUT2D eigenvalue weighted by Gasteiger charge is 2.06. The minimum atomic E-state index is 0.0793. The summed E-state index contributed by atoms with van der Waals surface area (Å²) >= 11 is 2.48. The lowest BCUT2D eigenvalue weighted by atomic mass is 9.99. The van der Waals surface area contributed by atoms with Gasteiger partial charge in [-0.15, -0.1) is 0 Å². The number of benzene rings is 3. The number of carbonyl (C=O) groups excluding carboxylic acids is 2. The van der Waals surface area contributed by atoms with Gasteiger partial charge in [-0.05, 0) is 52.6 Å². The zero-order valence-electron chi connectivity index (χ0n) is 14.6. The Kier molecular flexibility index (Phi) is 5.96. The molecule has 0 spiro atoms. The van der Waals surface area contributed by atoms with E-state index in [1.165, 1.54) is 23.5 Å². The summed E-state index contributed by atoms with van der Waals surface area (Å²) in [6.07, 6.45) is 0. The van der Waals surface area contributed by atoms with Crippen LogP contribution in [0, 0.1) is 0 Å². The van der Waals surface area contributed by atoms with Crippen molar-refractivity contribution in [2.75, 3.05) is 0 Å². The van der Waals surface area contributed by atoms with Gasteiger partial charge in [-0.2, -0.15) is 0 Å². The molecule has 0 atom stereocenters. The molecule has 0 aliphatic carbocycles. The molecule has 0 N–H and O–H groups in total. The molecule has 0 bridgehead atoms. The molecule has 0 amide bonds. The lowest BCUT2D eigenvalue weighted by Crippen LogP contribution is -1.85. The number of carbonyl (C=O) groups is 2. The van der Waals surface area contributed by atoms with E-state index in [0.29, 0.717) is 0 Å². The van der Waals surface area contributed by atoms with Crippen LogP contribution in [-0.2, 0) is 9.59 Å². The summed E-state index contributed by atoms with van der Waals surface area (Å²) in [7, 11) is 0. The van der Waals surface area contributed by atoms with E-state index in [0.717, 1.165) is 32.0 Å². The second-order valence-electron chi connectivity index (χ2n) is 5.82. The van der Waals surface area contributed by atoms with Crippen molar-refractivity contribution >= 4 is 33.8 Å². The number of hydrogen-bond acceptors (Lipinski definition) is 4. The standard InChI is InChI=1S/C22H18O2S2/c1-15(23)25-21-10-4-8-19(13-21)17-6-3-7-18(12-17)20-9-5-11-22(14-20)26-16(2)24/h3-14H,1-2H3. The highest BCUT2D eigenvalue weighted by Crippen LogP contribution is 2.31. The summed E-state index contributed by atoms with van der Waals surface area (Å²) in [4.78, 5) is 24.6. The first-order valence-corrected chi connectivity index (χ1v) is 9.82. The van der Waals surface area contributed by atoms with Crippen LogP contribution in [0.5, 0.6) is 0 Å². The van der Waals surface area contributed by atoms with Crippen LogP contribution in [0.2, 0.25) is 0 Å². The normalized spacial score (nSPS) is 10.5. The van der Waals surface area contributed by atoms with E-state index in [-0.39, 0.29) is 10.2 Å². The highest BCUT2D eigenvalue weighted by molar-refractivity contribution is 8.13. The average Bonchev–Trinajstić information content (AvgIpc) is 2.61. The molecule has 3 aromatic carbocycles. The Labute approximate surface area is 162 Å². The van der Waals surface area contributed by atoms with Crippen LogP contribution in [0.1, 0.15) is 13.8 Å². The molecule has 2 nitrogen and oxygen atoms in total. The average molecular weight is 379 g/mol. The molecule has 26 heavy (non-hydrogen) atoms. The summed E-state index contributed by atoms with van der Waals surface area (Å²) in [6.45, 7) is 3.15. The molecule has 0 aromatic heterocycles. The fourth-order valence-electron chi connectivity index (χ4n) is 2.69. The van der Waals surface area contributed by atoms with Crippen LogP contribution in [0.4, 0.5) is 0 Å². The van der Waals surface area contributed by atoms with Crippen molar-refractivity contribution in [3.05, 3.63) is 72.8 Å². The van der Waals surface area contributed by atoms with Gasteiger partial charge in [-0.25, -0.2) is 0 Å². The molecular formula is C22H18O2S2. The van der Waals surface area contributed by atoms with E-state index in [9.17, 15) is 9.59 Å². The SMILES string of the molecule is CC(=O)Sc1cccc(-c2cccc(-c3cccc(SC(C)=O)c3)c2)c1. The number of thioether (sulfide) groups is 2. The van der Waals surface area contributed by atoms with Gasteiger partial charge in [-0.3, -0.25) is 9.59 Å². The van der Waals surface area contributed by atoms with Crippen molar-refractivity contribution in [1.82, 2.24) is 0 Å². The Bertz CT molecular complexity index is 889. The van der Waals surface area contributed by atoms with E-state index in [2.05, 4.69) is 18.2 Å². The van der Waals surface area contributed by atoms with Gasteiger partial charge in [0.15, 0.2) is 10.2 Å². The molecule has 0 aliphatic rings. The predicted octanol–water partition coefficient (Wildman–Crippen LogP) is 6.30. The molecule has 0 unspecified atom stereocenters. The van der Waals surface area contributed by atoms with Crippen molar-refractivity contribution in [2.45, 2.75) is 23.6 Å². The summed E-state index contributed by atoms with van der Waals surface area (Å²) in [5.74, 6) is 0. The van der Waals surface area contributed by atoms with E-state index < -0.39 is 0 Å². The van der Waals surface area contributed by atoms with Crippen molar-refractivity contribution in [3.8, 4) is 22.3 Å². The minimum absolute atomic E-state index is 0.0793. The molecule has 3 aromatic rings. The third-order valence-electron chi connectivity index (χ3n) is 3.72. The quantitative estimate of drug-likeness (QED) is 0.499. The molecule has 3 rings (SSSR count). The number of hydrogen-bond donors (Lipinski definition) is 0. The second-order valence-corrected chi connectivity index (χ2v) is 8.32. The fourth-order valence-corrected chi connectivity index (χ4v) is 4.02. The molecule has 0 saturated carbocycles. The van der Waals surface area contributed by atoms with Crippen molar-refractivity contribution in [1.29, 1.82) is 0 Å². The maximum Gasteiger partial charge on any atom is 0.190 e. The van der Waals surface area contributed by atoms with Gasteiger partial charge in [0.2, 0.25) is 0 Å². The van der Waals surface area contributed by atoms with E-state index in [1.807, 2.05) is 54.6 Å². The van der Waals surface area contributed by atoms with E-state index in [1.54, 1.807) is 13.8 Å². The summed E-state index contributed by atoms with van der Waals surface area (Å²) in [5.41, 5.74) is 4.34. The monoisotopic (exact) mass is 378 g/mol. The molecule has 130 valence electrons. The first kappa shape index (κ1) is 18.5. The largest absolute Gasteiger partial charge is 0.287 e. The Morgan fingerprint density at radius 2 is 0.923 bits per heavy atom. The summed E-state index contributed by atoms with van der Waals surface area (Å²) in [6, 6.07) is 24.3. The van der Waals surface area contributed by atoms with Gasteiger partial charge in [-0.1, -0.05) is 66.0 Å². The first-order valence-electron chi connectivity index (χ1n) is 8.19. The molecule has 0 saturated heterocycles. The van der Waals surface area contributed by atoms with Gasteiger partial charge in [0, 0.05) is 23.6 Å². The van der Waals surface area contributed by atoms with Crippen LogP contribution in [0.15, 0.2) is 82.6 Å². The van der Waals surface area contributed by atoms with Crippen LogP contribution >= 0.6 is 23.5 Å². The first-order chi connectivity index (χ1) is 12.5. The zero-order chi connectivity index (χ0) is 18.5. The molecule has 0 fully saturated rings. The predicted molar refractivity (Wildman–Crippen MR) is 110 cm³/mol. The lowest BCUT2D eigenvalue weighted by Gasteiger charge is -2.08. The third-order valence-corrected chi connectivity index (χ3v) is 5.27. The summed E-state index contributed by atoms with van der Waals surface area (Å²) < 4.78 is 0.